The molecule has 0 aliphatic rings. The molecule has 0 saturated carbocycles. The fourth-order valence-corrected chi connectivity index (χ4v) is 1.11. The molecule has 1 aromatic rings. The number of benzene rings is 1. The summed E-state index contributed by atoms with van der Waals surface area (Å²) in [6.45, 7) is 5.26. The number of rotatable bonds is 5. The molecule has 0 atom stereocenters. The minimum absolute atomic E-state index is 0.0491. The maximum atomic E-state index is 5.22. The third kappa shape index (κ3) is 4.48. The molecule has 0 spiro atoms. The summed E-state index contributed by atoms with van der Waals surface area (Å²) in [6, 6.07) is 7.64. The molecular formula is C10H11IO3. The first-order valence-corrected chi connectivity index (χ1v) is 5.09. The minimum Gasteiger partial charge on any atom is -0.464 e. The molecule has 0 radical (unpaired) electrons. The molecule has 0 bridgehead atoms. The van der Waals surface area contributed by atoms with Crippen LogP contribution in [0.2, 0.25) is 0 Å². The van der Waals surface area contributed by atoms with Crippen molar-refractivity contribution in [2.75, 3.05) is 6.79 Å². The first-order valence-electron chi connectivity index (χ1n) is 4.02. The molecule has 0 heterocycles. The Morgan fingerprint density at radius 2 is 2.00 bits per heavy atom. The van der Waals surface area contributed by atoms with Crippen LogP contribution in [-0.4, -0.2) is 6.79 Å². The maximum Gasteiger partial charge on any atom is 0.232 e. The van der Waals surface area contributed by atoms with Crippen molar-refractivity contribution in [3.05, 3.63) is 40.2 Å². The quantitative estimate of drug-likeness (QED) is 0.209. The van der Waals surface area contributed by atoms with Crippen molar-refractivity contribution in [2.45, 2.75) is 6.92 Å². The number of ether oxygens (including phenoxy) is 1. The van der Waals surface area contributed by atoms with Crippen LogP contribution in [0, 0.1) is 3.57 Å². The Bertz CT molecular complexity index is 295. The van der Waals surface area contributed by atoms with Crippen molar-refractivity contribution in [1.29, 1.82) is 0 Å². The van der Waals surface area contributed by atoms with E-state index in [0.717, 1.165) is 9.32 Å². The highest BCUT2D eigenvalue weighted by Gasteiger charge is 1.93. The van der Waals surface area contributed by atoms with Crippen molar-refractivity contribution >= 4 is 22.6 Å². The molecule has 3 nitrogen and oxygen atoms in total. The summed E-state index contributed by atoms with van der Waals surface area (Å²) in [5.41, 5.74) is 0. The van der Waals surface area contributed by atoms with Crippen molar-refractivity contribution in [3.8, 4) is 5.75 Å². The van der Waals surface area contributed by atoms with Crippen molar-refractivity contribution in [2.24, 2.45) is 0 Å². The molecule has 1 aromatic carbocycles. The number of hydrogen-bond acceptors (Lipinski definition) is 3. The fourth-order valence-electron chi connectivity index (χ4n) is 0.748. The van der Waals surface area contributed by atoms with Crippen molar-refractivity contribution < 1.29 is 14.5 Å². The summed E-state index contributed by atoms with van der Waals surface area (Å²) in [5, 5.41) is 0. The lowest BCUT2D eigenvalue weighted by Crippen LogP contribution is -2.02. The lowest BCUT2D eigenvalue weighted by atomic mass is 10.3. The molecule has 0 amide bonds. The summed E-state index contributed by atoms with van der Waals surface area (Å²) in [6.07, 6.45) is 0. The second-order valence-corrected chi connectivity index (χ2v) is 3.86. The van der Waals surface area contributed by atoms with Crippen molar-refractivity contribution in [1.82, 2.24) is 0 Å². The van der Waals surface area contributed by atoms with Crippen LogP contribution in [0.3, 0.4) is 0 Å². The highest BCUT2D eigenvalue weighted by Crippen LogP contribution is 2.13. The molecule has 0 aliphatic carbocycles. The smallest absolute Gasteiger partial charge is 0.232 e. The van der Waals surface area contributed by atoms with E-state index >= 15 is 0 Å². The highest BCUT2D eigenvalue weighted by atomic mass is 127. The van der Waals surface area contributed by atoms with Gasteiger partial charge in [-0.2, -0.15) is 0 Å². The lowest BCUT2D eigenvalue weighted by molar-refractivity contribution is -0.293. The Morgan fingerprint density at radius 3 is 2.57 bits per heavy atom. The molecular weight excluding hydrogens is 295 g/mol. The summed E-state index contributed by atoms with van der Waals surface area (Å²) in [5.74, 6) is 1.24. The molecule has 0 aromatic heterocycles. The van der Waals surface area contributed by atoms with Gasteiger partial charge in [-0.05, 0) is 53.8 Å². The Labute approximate surface area is 96.7 Å². The third-order valence-corrected chi connectivity index (χ3v) is 2.01. The first kappa shape index (κ1) is 11.3. The molecule has 14 heavy (non-hydrogen) atoms. The summed E-state index contributed by atoms with van der Waals surface area (Å²) in [7, 11) is 0. The zero-order valence-corrected chi connectivity index (χ0v) is 9.98. The summed E-state index contributed by atoms with van der Waals surface area (Å²) < 4.78 is 6.38. The zero-order chi connectivity index (χ0) is 10.4. The van der Waals surface area contributed by atoms with Gasteiger partial charge in [0.25, 0.3) is 0 Å². The Balaban J connectivity index is 2.25. The van der Waals surface area contributed by atoms with Gasteiger partial charge in [-0.15, -0.1) is 4.89 Å². The largest absolute Gasteiger partial charge is 0.464 e. The summed E-state index contributed by atoms with van der Waals surface area (Å²) >= 11 is 2.23. The van der Waals surface area contributed by atoms with Gasteiger partial charge in [0.15, 0.2) is 0 Å². The van der Waals surface area contributed by atoms with E-state index in [-0.39, 0.29) is 6.79 Å². The highest BCUT2D eigenvalue weighted by molar-refractivity contribution is 14.1. The van der Waals surface area contributed by atoms with Gasteiger partial charge >= 0.3 is 0 Å². The van der Waals surface area contributed by atoms with E-state index in [9.17, 15) is 0 Å². The van der Waals surface area contributed by atoms with Crippen LogP contribution in [-0.2, 0) is 9.78 Å². The molecule has 76 valence electrons. The van der Waals surface area contributed by atoms with E-state index < -0.39 is 0 Å². The van der Waals surface area contributed by atoms with Gasteiger partial charge in [-0.3, -0.25) is 0 Å². The Morgan fingerprint density at radius 1 is 1.36 bits per heavy atom. The van der Waals surface area contributed by atoms with Crippen LogP contribution in [0.4, 0.5) is 0 Å². The van der Waals surface area contributed by atoms with Crippen LogP contribution in [0.25, 0.3) is 0 Å². The van der Waals surface area contributed by atoms with E-state index in [1.165, 1.54) is 0 Å². The molecule has 4 heteroatoms. The van der Waals surface area contributed by atoms with E-state index in [1.807, 2.05) is 24.3 Å². The fraction of sp³-hybridized carbons (Fsp3) is 0.200. The van der Waals surface area contributed by atoms with Gasteiger partial charge in [0.2, 0.25) is 6.79 Å². The minimum atomic E-state index is 0.0491. The average molecular weight is 306 g/mol. The monoisotopic (exact) mass is 306 g/mol. The summed E-state index contributed by atoms with van der Waals surface area (Å²) in [4.78, 5) is 9.37. The van der Waals surface area contributed by atoms with Gasteiger partial charge in [0, 0.05) is 3.57 Å². The number of hydrogen-bond donors (Lipinski definition) is 0. The van der Waals surface area contributed by atoms with Crippen LogP contribution in [0.15, 0.2) is 36.6 Å². The normalized spacial score (nSPS) is 9.57. The molecule has 0 fully saturated rings. The van der Waals surface area contributed by atoms with Crippen LogP contribution in [0.1, 0.15) is 6.92 Å². The third-order valence-electron chi connectivity index (χ3n) is 1.29. The second-order valence-electron chi connectivity index (χ2n) is 2.62. The van der Waals surface area contributed by atoms with E-state index in [0.29, 0.717) is 5.76 Å². The number of halogens is 1. The maximum absolute atomic E-state index is 5.22. The molecule has 0 unspecified atom stereocenters. The van der Waals surface area contributed by atoms with E-state index in [1.54, 1.807) is 6.92 Å². The predicted molar refractivity (Wildman–Crippen MR) is 61.6 cm³/mol. The van der Waals surface area contributed by atoms with Gasteiger partial charge in [0.1, 0.15) is 11.5 Å². The SMILES string of the molecule is C=C(C)OOCOc1ccc(I)cc1. The second kappa shape index (κ2) is 5.87. The van der Waals surface area contributed by atoms with Crippen LogP contribution in [0.5, 0.6) is 5.75 Å². The molecule has 0 N–H and O–H groups in total. The molecule has 0 saturated heterocycles. The lowest BCUT2D eigenvalue weighted by Gasteiger charge is -2.06. The Hall–Kier alpha value is -0.750. The van der Waals surface area contributed by atoms with Crippen molar-refractivity contribution in [3.63, 3.8) is 0 Å². The van der Waals surface area contributed by atoms with Gasteiger partial charge in [-0.25, -0.2) is 0 Å². The molecule has 0 aliphatic heterocycles. The Kier molecular flexibility index (Phi) is 4.75. The first-order chi connectivity index (χ1) is 6.68. The van der Waals surface area contributed by atoms with Gasteiger partial charge < -0.3 is 9.62 Å². The van der Waals surface area contributed by atoms with Crippen LogP contribution < -0.4 is 4.74 Å². The van der Waals surface area contributed by atoms with E-state index in [2.05, 4.69) is 34.1 Å². The zero-order valence-electron chi connectivity index (χ0n) is 7.83. The molecule has 1 rings (SSSR count). The average Bonchev–Trinajstić information content (AvgIpc) is 2.15. The van der Waals surface area contributed by atoms with Gasteiger partial charge in [0.05, 0.1) is 0 Å². The topological polar surface area (TPSA) is 27.7 Å². The standard InChI is InChI=1S/C10H11IO3/c1-8(2)14-13-7-12-10-5-3-9(11)4-6-10/h3-6H,1,7H2,2H3. The van der Waals surface area contributed by atoms with Crippen LogP contribution >= 0.6 is 22.6 Å². The van der Waals surface area contributed by atoms with E-state index in [4.69, 9.17) is 9.62 Å². The predicted octanol–water partition coefficient (Wildman–Crippen LogP) is 3.11. The van der Waals surface area contributed by atoms with Gasteiger partial charge in [-0.1, -0.05) is 6.58 Å². The number of allylic oxidation sites excluding steroid dienone is 1.